The van der Waals surface area contributed by atoms with Gasteiger partial charge in [0.25, 0.3) is 5.91 Å². The van der Waals surface area contributed by atoms with Crippen molar-refractivity contribution in [1.82, 2.24) is 10.2 Å². The number of rotatable bonds is 13. The Hall–Kier alpha value is -2.92. The lowest BCUT2D eigenvalue weighted by atomic mass is 10.1. The van der Waals surface area contributed by atoms with E-state index in [1.54, 1.807) is 24.3 Å². The summed E-state index contributed by atoms with van der Waals surface area (Å²) < 4.78 is 9.96. The average Bonchev–Trinajstić information content (AvgIpc) is 3.02. The Morgan fingerprint density at radius 1 is 1.23 bits per heavy atom. The number of esters is 2. The zero-order valence-corrected chi connectivity index (χ0v) is 21.1. The monoisotopic (exact) mass is 508 g/mol. The van der Waals surface area contributed by atoms with Crippen molar-refractivity contribution < 1.29 is 38.6 Å². The summed E-state index contributed by atoms with van der Waals surface area (Å²) in [6.07, 6.45) is -1.50. The van der Waals surface area contributed by atoms with Gasteiger partial charge < -0.3 is 29.6 Å². The van der Waals surface area contributed by atoms with Crippen LogP contribution in [0.15, 0.2) is 24.3 Å². The number of amides is 2. The molecule has 192 valence electrons. The molecular formula is C24H32N2O8S. The van der Waals surface area contributed by atoms with Gasteiger partial charge >= 0.3 is 11.9 Å². The fourth-order valence-corrected chi connectivity index (χ4v) is 4.43. The second kappa shape index (κ2) is 12.7. The van der Waals surface area contributed by atoms with Crippen LogP contribution in [-0.4, -0.2) is 69.9 Å². The number of carbonyl (C=O) groups is 5. The van der Waals surface area contributed by atoms with Crippen molar-refractivity contribution in [2.75, 3.05) is 18.8 Å². The highest BCUT2D eigenvalue weighted by Crippen LogP contribution is 2.31. The Morgan fingerprint density at radius 2 is 1.91 bits per heavy atom. The number of aldehydes is 1. The molecule has 0 radical (unpaired) electrons. The largest absolute Gasteiger partial charge is 0.425 e. The molecule has 2 rings (SSSR count). The second-order valence-corrected chi connectivity index (χ2v) is 10.5. The van der Waals surface area contributed by atoms with Crippen molar-refractivity contribution in [3.05, 3.63) is 35.4 Å². The molecule has 0 fully saturated rings. The Labute approximate surface area is 208 Å². The Bertz CT molecular complexity index is 951. The minimum Gasteiger partial charge on any atom is -0.425 e. The maximum atomic E-state index is 12.6. The lowest BCUT2D eigenvalue weighted by Crippen LogP contribution is -2.36. The number of nitrogens with zero attached hydrogens (tertiary/aromatic N) is 1. The predicted molar refractivity (Wildman–Crippen MR) is 128 cm³/mol. The molecule has 0 saturated heterocycles. The van der Waals surface area contributed by atoms with E-state index in [-0.39, 0.29) is 37.0 Å². The van der Waals surface area contributed by atoms with E-state index in [1.165, 1.54) is 30.5 Å². The fraction of sp³-hybridized carbons (Fsp3) is 0.542. The van der Waals surface area contributed by atoms with Crippen LogP contribution in [0.2, 0.25) is 0 Å². The number of thioether (sulfide) groups is 1. The van der Waals surface area contributed by atoms with E-state index >= 15 is 0 Å². The lowest BCUT2D eigenvalue weighted by molar-refractivity contribution is -0.189. The Morgan fingerprint density at radius 3 is 2.51 bits per heavy atom. The first kappa shape index (κ1) is 28.3. The first-order chi connectivity index (χ1) is 16.4. The van der Waals surface area contributed by atoms with Crippen LogP contribution in [0, 0.1) is 5.92 Å². The summed E-state index contributed by atoms with van der Waals surface area (Å²) in [7, 11) is 0. The molecule has 1 heterocycles. The van der Waals surface area contributed by atoms with Crippen molar-refractivity contribution in [3.63, 3.8) is 0 Å². The van der Waals surface area contributed by atoms with Gasteiger partial charge in [-0.2, -0.15) is 11.8 Å². The number of ether oxygens (including phenoxy) is 2. The molecule has 2 amide bonds. The minimum absolute atomic E-state index is 0.0743. The first-order valence-electron chi connectivity index (χ1n) is 11.2. The standard InChI is InChI=1S/C24H32N2O8S/c1-15(28)25-14-24(3,4)35-13-17(12-27)23(32)34-20(33-16(2)29)10-7-11-26-21(30)18-8-5-6-9-19(18)22(26)31/h5-6,8-9,12,17,20-21,30H,7,10-11,13-14H2,1-4H3,(H,25,28). The number of fused-ring (bicyclic) bond motifs is 1. The fourth-order valence-electron chi connectivity index (χ4n) is 3.41. The van der Waals surface area contributed by atoms with Gasteiger partial charge in [-0.25, -0.2) is 0 Å². The van der Waals surface area contributed by atoms with Gasteiger partial charge in [-0.05, 0) is 26.3 Å². The van der Waals surface area contributed by atoms with E-state index in [2.05, 4.69) is 5.32 Å². The second-order valence-electron chi connectivity index (χ2n) is 8.80. The summed E-state index contributed by atoms with van der Waals surface area (Å²) in [5.41, 5.74) is 0.948. The summed E-state index contributed by atoms with van der Waals surface area (Å²) in [5, 5.41) is 13.1. The van der Waals surface area contributed by atoms with Crippen LogP contribution in [0.4, 0.5) is 0 Å². The molecule has 0 saturated carbocycles. The molecule has 0 spiro atoms. The third kappa shape index (κ3) is 8.36. The molecule has 0 aromatic heterocycles. The zero-order chi connectivity index (χ0) is 26.2. The molecular weight excluding hydrogens is 476 g/mol. The van der Waals surface area contributed by atoms with Gasteiger partial charge in [-0.3, -0.25) is 19.2 Å². The molecule has 2 N–H and O–H groups in total. The third-order valence-electron chi connectivity index (χ3n) is 5.29. The number of aliphatic hydroxyl groups excluding tert-OH is 1. The number of aliphatic hydroxyl groups is 1. The van der Waals surface area contributed by atoms with Gasteiger partial charge in [0, 0.05) is 55.0 Å². The smallest absolute Gasteiger partial charge is 0.320 e. The highest BCUT2D eigenvalue weighted by atomic mass is 32.2. The van der Waals surface area contributed by atoms with Gasteiger partial charge in [0.15, 0.2) is 6.23 Å². The number of hydrogen-bond donors (Lipinski definition) is 2. The van der Waals surface area contributed by atoms with Crippen LogP contribution >= 0.6 is 11.8 Å². The SMILES string of the molecule is CC(=O)NCC(C)(C)SCC(C=O)C(=O)OC(CCCN1C(=O)c2ccccc2C1O)OC(C)=O. The number of hydrogen-bond acceptors (Lipinski definition) is 9. The Balaban J connectivity index is 1.91. The molecule has 35 heavy (non-hydrogen) atoms. The molecule has 1 aromatic rings. The maximum absolute atomic E-state index is 12.6. The summed E-state index contributed by atoms with van der Waals surface area (Å²) in [6.45, 7) is 6.82. The van der Waals surface area contributed by atoms with Gasteiger partial charge in [0.05, 0.1) is 0 Å². The molecule has 0 aliphatic carbocycles. The van der Waals surface area contributed by atoms with Crippen LogP contribution in [0.5, 0.6) is 0 Å². The number of benzene rings is 1. The predicted octanol–water partition coefficient (Wildman–Crippen LogP) is 1.81. The van der Waals surface area contributed by atoms with Crippen molar-refractivity contribution in [2.24, 2.45) is 5.92 Å². The molecule has 1 aliphatic heterocycles. The first-order valence-corrected chi connectivity index (χ1v) is 12.2. The van der Waals surface area contributed by atoms with Crippen LogP contribution < -0.4 is 5.32 Å². The molecule has 11 heteroatoms. The van der Waals surface area contributed by atoms with Crippen LogP contribution in [0.1, 0.15) is 62.7 Å². The van der Waals surface area contributed by atoms with Gasteiger partial charge in [-0.1, -0.05) is 18.2 Å². The van der Waals surface area contributed by atoms with Crippen molar-refractivity contribution in [1.29, 1.82) is 0 Å². The highest BCUT2D eigenvalue weighted by Gasteiger charge is 2.35. The van der Waals surface area contributed by atoms with Gasteiger partial charge in [0.2, 0.25) is 12.2 Å². The summed E-state index contributed by atoms with van der Waals surface area (Å²) in [5.74, 6) is -2.96. The molecule has 10 nitrogen and oxygen atoms in total. The highest BCUT2D eigenvalue weighted by molar-refractivity contribution is 8.00. The average molecular weight is 509 g/mol. The van der Waals surface area contributed by atoms with E-state index in [9.17, 15) is 29.1 Å². The van der Waals surface area contributed by atoms with Crippen molar-refractivity contribution >= 4 is 41.8 Å². The Kier molecular flexibility index (Phi) is 10.3. The van der Waals surface area contributed by atoms with E-state index in [1.807, 2.05) is 13.8 Å². The van der Waals surface area contributed by atoms with Crippen molar-refractivity contribution in [2.45, 2.75) is 57.8 Å². The van der Waals surface area contributed by atoms with Crippen LogP contribution in [0.25, 0.3) is 0 Å². The molecule has 1 aromatic carbocycles. The van der Waals surface area contributed by atoms with E-state index < -0.39 is 35.1 Å². The van der Waals surface area contributed by atoms with E-state index in [0.29, 0.717) is 24.0 Å². The normalized spacial score (nSPS) is 16.8. The number of carbonyl (C=O) groups excluding carboxylic acids is 5. The van der Waals surface area contributed by atoms with Crippen molar-refractivity contribution in [3.8, 4) is 0 Å². The lowest BCUT2D eigenvalue weighted by Gasteiger charge is -2.26. The molecule has 3 atom stereocenters. The van der Waals surface area contributed by atoms with Crippen LogP contribution in [0.3, 0.4) is 0 Å². The van der Waals surface area contributed by atoms with Gasteiger partial charge in [0.1, 0.15) is 12.2 Å². The van der Waals surface area contributed by atoms with E-state index in [4.69, 9.17) is 9.47 Å². The summed E-state index contributed by atoms with van der Waals surface area (Å²) in [4.78, 5) is 60.6. The van der Waals surface area contributed by atoms with E-state index in [0.717, 1.165) is 0 Å². The summed E-state index contributed by atoms with van der Waals surface area (Å²) in [6, 6.07) is 6.76. The molecule has 1 aliphatic rings. The number of nitrogens with one attached hydrogen (secondary N) is 1. The third-order valence-corrected chi connectivity index (χ3v) is 6.74. The molecule has 3 unspecified atom stereocenters. The topological polar surface area (TPSA) is 139 Å². The van der Waals surface area contributed by atoms with Crippen LogP contribution in [-0.2, 0) is 28.7 Å². The molecule has 0 bridgehead atoms. The summed E-state index contributed by atoms with van der Waals surface area (Å²) >= 11 is 1.33. The minimum atomic E-state index is -1.24. The zero-order valence-electron chi connectivity index (χ0n) is 20.3. The maximum Gasteiger partial charge on any atom is 0.320 e. The van der Waals surface area contributed by atoms with Gasteiger partial charge in [-0.15, -0.1) is 0 Å². The quantitative estimate of drug-likeness (QED) is 0.177.